The van der Waals surface area contributed by atoms with E-state index in [2.05, 4.69) is 13.8 Å². The molecule has 0 spiro atoms. The van der Waals surface area contributed by atoms with Crippen molar-refractivity contribution in [2.24, 2.45) is 5.92 Å². The van der Waals surface area contributed by atoms with Crippen LogP contribution < -0.4 is 0 Å². The maximum absolute atomic E-state index is 10.2. The molecule has 0 aromatic heterocycles. The van der Waals surface area contributed by atoms with Gasteiger partial charge in [-0.05, 0) is 18.8 Å². The minimum atomic E-state index is -1.18. The smallest absolute Gasteiger partial charge is 0.332 e. The molecule has 11 heavy (non-hydrogen) atoms. The molecule has 0 aliphatic carbocycles. The van der Waals surface area contributed by atoms with Gasteiger partial charge in [-0.25, -0.2) is 4.79 Å². The van der Waals surface area contributed by atoms with Gasteiger partial charge in [0.25, 0.3) is 0 Å². The predicted molar refractivity (Wildman–Crippen MR) is 42.3 cm³/mol. The zero-order chi connectivity index (χ0) is 8.85. The number of hydrogen-bond acceptors (Lipinski definition) is 2. The topological polar surface area (TPSA) is 57.5 Å². The van der Waals surface area contributed by atoms with E-state index in [0.717, 1.165) is 12.8 Å². The van der Waals surface area contributed by atoms with E-state index in [4.69, 9.17) is 10.2 Å². The zero-order valence-corrected chi connectivity index (χ0v) is 7.08. The van der Waals surface area contributed by atoms with Gasteiger partial charge >= 0.3 is 5.97 Å². The van der Waals surface area contributed by atoms with Crippen LogP contribution in [0.5, 0.6) is 0 Å². The van der Waals surface area contributed by atoms with Crippen molar-refractivity contribution in [2.45, 2.75) is 39.2 Å². The fraction of sp³-hybridized carbons (Fsp3) is 0.875. The van der Waals surface area contributed by atoms with Crippen molar-refractivity contribution in [3.8, 4) is 0 Å². The first-order valence-corrected chi connectivity index (χ1v) is 3.98. The number of hydrogen-bond donors (Lipinski definition) is 2. The van der Waals surface area contributed by atoms with E-state index in [1.165, 1.54) is 0 Å². The molecule has 2 N–H and O–H groups in total. The van der Waals surface area contributed by atoms with Crippen LogP contribution in [0.3, 0.4) is 0 Å². The van der Waals surface area contributed by atoms with Crippen molar-refractivity contribution >= 4 is 5.97 Å². The predicted octanol–water partition coefficient (Wildman–Crippen LogP) is 1.26. The van der Waals surface area contributed by atoms with Gasteiger partial charge < -0.3 is 10.2 Å². The van der Waals surface area contributed by atoms with Crippen LogP contribution in [0.4, 0.5) is 0 Å². The quantitative estimate of drug-likeness (QED) is 0.636. The highest BCUT2D eigenvalue weighted by molar-refractivity contribution is 5.71. The summed E-state index contributed by atoms with van der Waals surface area (Å²) in [5, 5.41) is 17.2. The second kappa shape index (κ2) is 5.13. The number of aliphatic hydroxyl groups excluding tert-OH is 1. The third kappa shape index (κ3) is 4.79. The fourth-order valence-electron chi connectivity index (χ4n) is 0.770. The summed E-state index contributed by atoms with van der Waals surface area (Å²) in [5.41, 5.74) is 0. The maximum Gasteiger partial charge on any atom is 0.332 e. The third-order valence-corrected chi connectivity index (χ3v) is 1.91. The molecule has 2 atom stereocenters. The van der Waals surface area contributed by atoms with E-state index in [1.54, 1.807) is 0 Å². The normalized spacial score (nSPS) is 15.9. The van der Waals surface area contributed by atoms with Crippen LogP contribution >= 0.6 is 0 Å². The van der Waals surface area contributed by atoms with Crippen LogP contribution in [0.25, 0.3) is 0 Å². The van der Waals surface area contributed by atoms with Gasteiger partial charge in [0.1, 0.15) is 0 Å². The highest BCUT2D eigenvalue weighted by atomic mass is 16.4. The van der Waals surface area contributed by atoms with Crippen LogP contribution in [0.2, 0.25) is 0 Å². The van der Waals surface area contributed by atoms with Crippen molar-refractivity contribution in [2.75, 3.05) is 0 Å². The molecule has 0 unspecified atom stereocenters. The van der Waals surface area contributed by atoms with Gasteiger partial charge in [0.2, 0.25) is 0 Å². The lowest BCUT2D eigenvalue weighted by atomic mass is 10.0. The van der Waals surface area contributed by atoms with Crippen LogP contribution in [0.1, 0.15) is 33.1 Å². The number of carboxylic acids is 1. The Bertz CT molecular complexity index is 123. The molecule has 0 aromatic rings. The lowest BCUT2D eigenvalue weighted by molar-refractivity contribution is -0.147. The summed E-state index contributed by atoms with van der Waals surface area (Å²) in [4.78, 5) is 10.2. The van der Waals surface area contributed by atoms with E-state index < -0.39 is 12.1 Å². The van der Waals surface area contributed by atoms with Crippen LogP contribution in [0, 0.1) is 5.92 Å². The van der Waals surface area contributed by atoms with Crippen LogP contribution in [-0.2, 0) is 4.79 Å². The third-order valence-electron chi connectivity index (χ3n) is 1.91. The van der Waals surface area contributed by atoms with Crippen LogP contribution in [0.15, 0.2) is 0 Å². The lowest BCUT2D eigenvalue weighted by Crippen LogP contribution is -2.19. The minimum absolute atomic E-state index is 0.365. The largest absolute Gasteiger partial charge is 0.479 e. The maximum atomic E-state index is 10.2. The average molecular weight is 160 g/mol. The number of aliphatic hydroxyl groups is 1. The Morgan fingerprint density at radius 1 is 1.45 bits per heavy atom. The Hall–Kier alpha value is -0.570. The van der Waals surface area contributed by atoms with E-state index >= 15 is 0 Å². The summed E-state index contributed by atoms with van der Waals surface area (Å²) < 4.78 is 0. The van der Waals surface area contributed by atoms with E-state index in [1.807, 2.05) is 0 Å². The minimum Gasteiger partial charge on any atom is -0.479 e. The van der Waals surface area contributed by atoms with Crippen molar-refractivity contribution in [1.82, 2.24) is 0 Å². The molecule has 0 bridgehead atoms. The van der Waals surface area contributed by atoms with Gasteiger partial charge in [0, 0.05) is 0 Å². The highest BCUT2D eigenvalue weighted by Gasteiger charge is 2.13. The van der Waals surface area contributed by atoms with E-state index in [-0.39, 0.29) is 0 Å². The van der Waals surface area contributed by atoms with Gasteiger partial charge in [-0.2, -0.15) is 0 Å². The molecule has 0 saturated carbocycles. The summed E-state index contributed by atoms with van der Waals surface area (Å²) >= 11 is 0. The SMILES string of the molecule is CC[C@H](C)CC[C@H](O)C(=O)O. The molecule has 0 aliphatic rings. The molecular formula is C8H16O3. The molecule has 3 nitrogen and oxygen atoms in total. The van der Waals surface area contributed by atoms with Gasteiger partial charge in [-0.3, -0.25) is 0 Å². The van der Waals surface area contributed by atoms with E-state index in [9.17, 15) is 4.79 Å². The summed E-state index contributed by atoms with van der Waals surface area (Å²) in [6.07, 6.45) is 1.00. The Labute approximate surface area is 67.0 Å². The standard InChI is InChI=1S/C8H16O3/c1-3-6(2)4-5-7(9)8(10)11/h6-7,9H,3-5H2,1-2H3,(H,10,11)/t6-,7-/m0/s1. The fourth-order valence-corrected chi connectivity index (χ4v) is 0.770. The summed E-state index contributed by atoms with van der Waals surface area (Å²) in [6, 6.07) is 0. The lowest BCUT2D eigenvalue weighted by Gasteiger charge is -2.09. The zero-order valence-electron chi connectivity index (χ0n) is 7.08. The molecule has 3 heteroatoms. The van der Waals surface area contributed by atoms with Gasteiger partial charge in [0.05, 0.1) is 0 Å². The summed E-state index contributed by atoms with van der Waals surface area (Å²) in [6.45, 7) is 4.10. The van der Waals surface area contributed by atoms with Crippen molar-refractivity contribution in [1.29, 1.82) is 0 Å². The molecule has 0 aliphatic heterocycles. The first kappa shape index (κ1) is 10.4. The Balaban J connectivity index is 3.45. The molecule has 0 saturated heterocycles. The molecule has 0 radical (unpaired) electrons. The van der Waals surface area contributed by atoms with Crippen molar-refractivity contribution in [3.63, 3.8) is 0 Å². The Kier molecular flexibility index (Phi) is 4.86. The second-order valence-corrected chi connectivity index (χ2v) is 2.94. The Morgan fingerprint density at radius 3 is 2.36 bits per heavy atom. The molecule has 66 valence electrons. The average Bonchev–Trinajstić information content (AvgIpc) is 1.99. The first-order chi connectivity index (χ1) is 5.07. The van der Waals surface area contributed by atoms with Gasteiger partial charge in [0.15, 0.2) is 6.10 Å². The highest BCUT2D eigenvalue weighted by Crippen LogP contribution is 2.10. The van der Waals surface area contributed by atoms with Crippen molar-refractivity contribution in [3.05, 3.63) is 0 Å². The van der Waals surface area contributed by atoms with Crippen LogP contribution in [-0.4, -0.2) is 22.3 Å². The number of carboxylic acid groups (broad SMARTS) is 1. The van der Waals surface area contributed by atoms with Gasteiger partial charge in [-0.15, -0.1) is 0 Å². The molecule has 0 heterocycles. The molecule has 0 amide bonds. The molecular weight excluding hydrogens is 144 g/mol. The molecule has 0 fully saturated rings. The first-order valence-electron chi connectivity index (χ1n) is 3.98. The number of carbonyl (C=O) groups is 1. The van der Waals surface area contributed by atoms with E-state index in [0.29, 0.717) is 12.3 Å². The number of rotatable bonds is 5. The molecule has 0 rings (SSSR count). The van der Waals surface area contributed by atoms with Gasteiger partial charge in [-0.1, -0.05) is 20.3 Å². The Morgan fingerprint density at radius 2 is 2.00 bits per heavy atom. The monoisotopic (exact) mass is 160 g/mol. The molecule has 0 aromatic carbocycles. The number of aliphatic carboxylic acids is 1. The second-order valence-electron chi connectivity index (χ2n) is 2.94. The van der Waals surface area contributed by atoms with Crippen molar-refractivity contribution < 1.29 is 15.0 Å². The summed E-state index contributed by atoms with van der Waals surface area (Å²) in [5.74, 6) is -0.614. The summed E-state index contributed by atoms with van der Waals surface area (Å²) in [7, 11) is 0.